The number of ketones is 1. The van der Waals surface area contributed by atoms with E-state index in [-0.39, 0.29) is 10.8 Å². The summed E-state index contributed by atoms with van der Waals surface area (Å²) in [5.74, 6) is 0.236. The lowest BCUT2D eigenvalue weighted by molar-refractivity contribution is 0.101. The van der Waals surface area contributed by atoms with Crippen molar-refractivity contribution in [1.82, 2.24) is 0 Å². The van der Waals surface area contributed by atoms with Crippen molar-refractivity contribution in [3.8, 4) is 0 Å². The molecule has 0 atom stereocenters. The van der Waals surface area contributed by atoms with Gasteiger partial charge in [0.05, 0.1) is 0 Å². The van der Waals surface area contributed by atoms with Gasteiger partial charge >= 0.3 is 0 Å². The van der Waals surface area contributed by atoms with Gasteiger partial charge in [-0.05, 0) is 5.04 Å². The second-order valence-electron chi connectivity index (χ2n) is 7.85. The molecule has 1 nitrogen and oxygen atoms in total. The zero-order valence-corrected chi connectivity index (χ0v) is 16.8. The van der Waals surface area contributed by atoms with E-state index in [1.165, 1.54) is 10.4 Å². The smallest absolute Gasteiger partial charge is 0.160 e. The molecule has 132 valence electrons. The summed E-state index contributed by atoms with van der Waals surface area (Å²) >= 11 is 0. The number of carbonyl (C=O) groups excluding carboxylic acids is 1. The van der Waals surface area contributed by atoms with Crippen molar-refractivity contribution in [1.29, 1.82) is 0 Å². The Kier molecular flexibility index (Phi) is 5.24. The van der Waals surface area contributed by atoms with Crippen LogP contribution in [0, 0.1) is 0 Å². The van der Waals surface area contributed by atoms with Gasteiger partial charge in [-0.2, -0.15) is 0 Å². The van der Waals surface area contributed by atoms with Crippen LogP contribution in [0.15, 0.2) is 91.0 Å². The molecule has 0 radical (unpaired) electrons. The standard InChI is InChI=1S/C24H26OSi/c1-24(2,3)26(21-15-9-5-10-16-21,22-17-11-6-12-18-22)19-23(25)20-13-7-4-8-14-20/h4-18H,19H2,1-3H3. The maximum atomic E-state index is 13.3. The molecule has 0 aliphatic carbocycles. The fraction of sp³-hybridized carbons (Fsp3) is 0.208. The molecule has 0 saturated heterocycles. The third kappa shape index (κ3) is 3.42. The molecule has 0 bridgehead atoms. The highest BCUT2D eigenvalue weighted by Gasteiger charge is 2.48. The fourth-order valence-corrected chi connectivity index (χ4v) is 9.13. The largest absolute Gasteiger partial charge is 0.294 e. The summed E-state index contributed by atoms with van der Waals surface area (Å²) in [7, 11) is -2.34. The average molecular weight is 359 g/mol. The molecule has 0 spiro atoms. The molecular formula is C24H26OSi. The van der Waals surface area contributed by atoms with E-state index >= 15 is 0 Å². The van der Waals surface area contributed by atoms with E-state index in [0.29, 0.717) is 6.04 Å². The summed E-state index contributed by atoms with van der Waals surface area (Å²) in [4.78, 5) is 13.3. The minimum Gasteiger partial charge on any atom is -0.294 e. The maximum Gasteiger partial charge on any atom is 0.160 e. The van der Waals surface area contributed by atoms with Gasteiger partial charge < -0.3 is 0 Å². The summed E-state index contributed by atoms with van der Waals surface area (Å²) in [5.41, 5.74) is 0.806. The first kappa shape index (κ1) is 18.3. The second-order valence-corrected chi connectivity index (χ2v) is 12.7. The SMILES string of the molecule is CC(C)(C)[Si](CC(=O)c1ccccc1)(c1ccccc1)c1ccccc1. The van der Waals surface area contributed by atoms with Gasteiger partial charge in [0.25, 0.3) is 0 Å². The minimum absolute atomic E-state index is 0.000146. The summed E-state index contributed by atoms with van der Waals surface area (Å²) in [6, 6.07) is 31.6. The summed E-state index contributed by atoms with van der Waals surface area (Å²) in [6.45, 7) is 6.87. The Labute approximate surface area is 157 Å². The van der Waals surface area contributed by atoms with E-state index in [2.05, 4.69) is 81.4 Å². The van der Waals surface area contributed by atoms with Crippen LogP contribution in [0.3, 0.4) is 0 Å². The van der Waals surface area contributed by atoms with Crippen molar-refractivity contribution in [3.05, 3.63) is 96.6 Å². The van der Waals surface area contributed by atoms with Crippen LogP contribution >= 0.6 is 0 Å². The predicted molar refractivity (Wildman–Crippen MR) is 113 cm³/mol. The Morgan fingerprint density at radius 1 is 0.692 bits per heavy atom. The molecule has 0 unspecified atom stereocenters. The van der Waals surface area contributed by atoms with Gasteiger partial charge in [-0.1, -0.05) is 122 Å². The summed E-state index contributed by atoms with van der Waals surface area (Å²) < 4.78 is 0. The highest BCUT2D eigenvalue weighted by atomic mass is 28.3. The number of rotatable bonds is 5. The van der Waals surface area contributed by atoms with E-state index < -0.39 is 8.07 Å². The van der Waals surface area contributed by atoms with E-state index in [1.54, 1.807) is 0 Å². The minimum atomic E-state index is -2.34. The fourth-order valence-electron chi connectivity index (χ4n) is 3.91. The molecule has 3 rings (SSSR count). The van der Waals surface area contributed by atoms with Gasteiger partial charge in [-0.15, -0.1) is 0 Å². The topological polar surface area (TPSA) is 17.1 Å². The molecule has 0 aliphatic heterocycles. The predicted octanol–water partition coefficient (Wildman–Crippen LogP) is 4.93. The van der Waals surface area contributed by atoms with E-state index in [0.717, 1.165) is 5.56 Å². The Morgan fingerprint density at radius 3 is 1.46 bits per heavy atom. The lowest BCUT2D eigenvalue weighted by Gasteiger charge is -2.44. The normalized spacial score (nSPS) is 12.0. The van der Waals surface area contributed by atoms with Crippen LogP contribution < -0.4 is 10.4 Å². The summed E-state index contributed by atoms with van der Waals surface area (Å²) in [6.07, 6.45) is 0. The first-order valence-electron chi connectivity index (χ1n) is 9.14. The first-order chi connectivity index (χ1) is 12.4. The van der Waals surface area contributed by atoms with Crippen molar-refractivity contribution >= 4 is 24.2 Å². The molecule has 0 N–H and O–H groups in total. The maximum absolute atomic E-state index is 13.3. The van der Waals surface area contributed by atoms with Crippen molar-refractivity contribution in [2.45, 2.75) is 31.9 Å². The lowest BCUT2D eigenvalue weighted by atomic mass is 10.1. The third-order valence-electron chi connectivity index (χ3n) is 5.33. The third-order valence-corrected chi connectivity index (χ3v) is 11.4. The zero-order valence-electron chi connectivity index (χ0n) is 15.8. The number of hydrogen-bond acceptors (Lipinski definition) is 1. The molecule has 0 aliphatic rings. The van der Waals surface area contributed by atoms with Gasteiger partial charge in [-0.3, -0.25) is 4.79 Å². The zero-order chi connectivity index (χ0) is 18.6. The molecule has 3 aromatic carbocycles. The van der Waals surface area contributed by atoms with Gasteiger partial charge in [0.15, 0.2) is 5.78 Å². The van der Waals surface area contributed by atoms with E-state index in [4.69, 9.17) is 0 Å². The van der Waals surface area contributed by atoms with Gasteiger partial charge in [0.1, 0.15) is 8.07 Å². The van der Waals surface area contributed by atoms with Crippen LogP contribution in [0.25, 0.3) is 0 Å². The van der Waals surface area contributed by atoms with Crippen LogP contribution in [0.5, 0.6) is 0 Å². The number of hydrogen-bond donors (Lipinski definition) is 0. The molecule has 3 aromatic rings. The van der Waals surface area contributed by atoms with Gasteiger partial charge in [-0.25, -0.2) is 0 Å². The Bertz CT molecular complexity index is 809. The molecule has 0 fully saturated rings. The van der Waals surface area contributed by atoms with Gasteiger partial charge in [0.2, 0.25) is 0 Å². The van der Waals surface area contributed by atoms with Crippen LogP contribution in [0.4, 0.5) is 0 Å². The molecule has 0 saturated carbocycles. The van der Waals surface area contributed by atoms with Crippen molar-refractivity contribution < 1.29 is 4.79 Å². The number of Topliss-reactive ketones (excluding diaryl/α,β-unsaturated/α-hetero) is 1. The van der Waals surface area contributed by atoms with Crippen LogP contribution in [-0.2, 0) is 0 Å². The quantitative estimate of drug-likeness (QED) is 0.467. The molecule has 0 amide bonds. The highest BCUT2D eigenvalue weighted by Crippen LogP contribution is 2.39. The second kappa shape index (κ2) is 7.43. The number of benzene rings is 3. The molecule has 0 aromatic heterocycles. The molecular weight excluding hydrogens is 332 g/mol. The van der Waals surface area contributed by atoms with Crippen molar-refractivity contribution in [2.24, 2.45) is 0 Å². The van der Waals surface area contributed by atoms with Crippen molar-refractivity contribution in [3.63, 3.8) is 0 Å². The van der Waals surface area contributed by atoms with Crippen LogP contribution in [0.1, 0.15) is 31.1 Å². The van der Waals surface area contributed by atoms with E-state index in [1.807, 2.05) is 30.3 Å². The number of carbonyl (C=O) groups is 1. The van der Waals surface area contributed by atoms with Crippen LogP contribution in [0.2, 0.25) is 11.1 Å². The molecule has 0 heterocycles. The average Bonchev–Trinajstić information content (AvgIpc) is 2.67. The summed E-state index contributed by atoms with van der Waals surface area (Å²) in [5, 5.41) is 2.64. The van der Waals surface area contributed by atoms with Crippen LogP contribution in [-0.4, -0.2) is 13.9 Å². The monoisotopic (exact) mass is 358 g/mol. The van der Waals surface area contributed by atoms with Gasteiger partial charge in [0, 0.05) is 11.6 Å². The lowest BCUT2D eigenvalue weighted by Crippen LogP contribution is -2.65. The molecule has 26 heavy (non-hydrogen) atoms. The molecule has 2 heteroatoms. The van der Waals surface area contributed by atoms with Crippen molar-refractivity contribution in [2.75, 3.05) is 0 Å². The first-order valence-corrected chi connectivity index (χ1v) is 11.4. The Morgan fingerprint density at radius 2 is 1.08 bits per heavy atom. The Balaban J connectivity index is 2.19. The highest BCUT2D eigenvalue weighted by molar-refractivity contribution is 7.06. The Hall–Kier alpha value is -2.45. The van der Waals surface area contributed by atoms with E-state index in [9.17, 15) is 4.79 Å².